The van der Waals surface area contributed by atoms with Gasteiger partial charge in [0.05, 0.1) is 0 Å². The molecule has 0 spiro atoms. The second kappa shape index (κ2) is 5.72. The number of carbonyl (C=O) groups is 1. The molecule has 2 N–H and O–H groups in total. The Morgan fingerprint density at radius 3 is 2.62 bits per heavy atom. The van der Waals surface area contributed by atoms with E-state index < -0.39 is 6.16 Å². The second-order valence-corrected chi connectivity index (χ2v) is 3.55. The lowest BCUT2D eigenvalue weighted by atomic mass is 10.0. The molecule has 0 unspecified atom stereocenters. The Kier molecular flexibility index (Phi) is 4.58. The number of fused-ring (bicyclic) bond motifs is 1. The van der Waals surface area contributed by atoms with Crippen LogP contribution in [0.25, 0.3) is 0 Å². The van der Waals surface area contributed by atoms with Crippen LogP contribution in [0.3, 0.4) is 0 Å². The predicted octanol–water partition coefficient (Wildman–Crippen LogP) is 1.85. The van der Waals surface area contributed by atoms with E-state index in [2.05, 4.69) is 10.1 Å². The number of hydrogen-bond donors (Lipinski definition) is 2. The largest absolute Gasteiger partial charge is 0.511 e. The molecule has 16 heavy (non-hydrogen) atoms. The summed E-state index contributed by atoms with van der Waals surface area (Å²) >= 11 is 0. The lowest BCUT2D eigenvalue weighted by Gasteiger charge is -2.06. The van der Waals surface area contributed by atoms with Crippen LogP contribution in [0, 0.1) is 0 Å². The predicted molar refractivity (Wildman–Crippen MR) is 62.6 cm³/mol. The van der Waals surface area contributed by atoms with Gasteiger partial charge >= 0.3 is 6.16 Å². The summed E-state index contributed by atoms with van der Waals surface area (Å²) in [5, 5.41) is 11.8. The summed E-state index contributed by atoms with van der Waals surface area (Å²) < 4.78 is 4.62. The minimum Gasteiger partial charge on any atom is -0.449 e. The van der Waals surface area contributed by atoms with Gasteiger partial charge in [0.2, 0.25) is 0 Å². The summed E-state index contributed by atoms with van der Waals surface area (Å²) in [7, 11) is 0. The zero-order valence-corrected chi connectivity index (χ0v) is 9.55. The molecule has 1 aromatic rings. The Bertz CT molecular complexity index is 381. The van der Waals surface area contributed by atoms with Crippen LogP contribution in [0.2, 0.25) is 0 Å². The van der Waals surface area contributed by atoms with Crippen molar-refractivity contribution in [3.8, 4) is 5.75 Å². The molecule has 0 saturated carbocycles. The SMILES string of the molecule is Cl.O=C(O)Oc1ccc2c(c1)CCNCC2. The van der Waals surface area contributed by atoms with E-state index in [4.69, 9.17) is 5.11 Å². The van der Waals surface area contributed by atoms with Gasteiger partial charge in [-0.3, -0.25) is 0 Å². The van der Waals surface area contributed by atoms with Crippen LogP contribution < -0.4 is 10.1 Å². The third-order valence-electron chi connectivity index (χ3n) is 2.53. The molecule has 0 radical (unpaired) electrons. The number of rotatable bonds is 1. The van der Waals surface area contributed by atoms with Crippen LogP contribution in [0.4, 0.5) is 4.79 Å². The highest BCUT2D eigenvalue weighted by molar-refractivity contribution is 5.85. The number of hydrogen-bond acceptors (Lipinski definition) is 3. The van der Waals surface area contributed by atoms with Crippen molar-refractivity contribution in [1.29, 1.82) is 0 Å². The van der Waals surface area contributed by atoms with E-state index in [-0.39, 0.29) is 12.4 Å². The zero-order chi connectivity index (χ0) is 10.7. The van der Waals surface area contributed by atoms with Crippen LogP contribution in [0.5, 0.6) is 5.75 Å². The third-order valence-corrected chi connectivity index (χ3v) is 2.53. The molecule has 88 valence electrons. The van der Waals surface area contributed by atoms with Gasteiger partial charge in [-0.2, -0.15) is 0 Å². The monoisotopic (exact) mass is 243 g/mol. The van der Waals surface area contributed by atoms with Crippen molar-refractivity contribution in [3.05, 3.63) is 29.3 Å². The Labute approximate surface area is 100 Å². The van der Waals surface area contributed by atoms with E-state index in [0.717, 1.165) is 25.9 Å². The van der Waals surface area contributed by atoms with Gasteiger partial charge in [-0.25, -0.2) is 4.79 Å². The van der Waals surface area contributed by atoms with Crippen LogP contribution in [0.1, 0.15) is 11.1 Å². The van der Waals surface area contributed by atoms with Gasteiger partial charge in [0.25, 0.3) is 0 Å². The highest BCUT2D eigenvalue weighted by Gasteiger charge is 2.09. The van der Waals surface area contributed by atoms with Crippen molar-refractivity contribution in [2.24, 2.45) is 0 Å². The average Bonchev–Trinajstić information content (AvgIpc) is 2.41. The molecule has 5 heteroatoms. The summed E-state index contributed by atoms with van der Waals surface area (Å²) in [5.41, 5.74) is 2.46. The lowest BCUT2D eigenvalue weighted by molar-refractivity contribution is 0.144. The molecule has 2 rings (SSSR count). The maximum Gasteiger partial charge on any atom is 0.511 e. The highest BCUT2D eigenvalue weighted by atomic mass is 35.5. The summed E-state index contributed by atoms with van der Waals surface area (Å²) in [6.07, 6.45) is 0.649. The fourth-order valence-electron chi connectivity index (χ4n) is 1.81. The molecule has 0 saturated heterocycles. The van der Waals surface area contributed by atoms with Gasteiger partial charge in [0.15, 0.2) is 0 Å². The van der Waals surface area contributed by atoms with Crippen molar-refractivity contribution >= 4 is 18.6 Å². The summed E-state index contributed by atoms with van der Waals surface area (Å²) in [4.78, 5) is 10.4. The van der Waals surface area contributed by atoms with Crippen molar-refractivity contribution in [2.75, 3.05) is 13.1 Å². The van der Waals surface area contributed by atoms with E-state index in [1.807, 2.05) is 12.1 Å². The number of carboxylic acid groups (broad SMARTS) is 1. The molecule has 0 fully saturated rings. The first-order valence-corrected chi connectivity index (χ1v) is 4.99. The fraction of sp³-hybridized carbons (Fsp3) is 0.364. The van der Waals surface area contributed by atoms with Gasteiger partial charge in [-0.15, -0.1) is 12.4 Å². The van der Waals surface area contributed by atoms with Crippen LogP contribution in [0.15, 0.2) is 18.2 Å². The average molecular weight is 244 g/mol. The molecule has 0 aliphatic carbocycles. The van der Waals surface area contributed by atoms with E-state index in [9.17, 15) is 4.79 Å². The van der Waals surface area contributed by atoms with E-state index >= 15 is 0 Å². The third kappa shape index (κ3) is 3.12. The number of nitrogens with one attached hydrogen (secondary N) is 1. The minimum atomic E-state index is -1.26. The molecule has 1 heterocycles. The number of halogens is 1. The smallest absolute Gasteiger partial charge is 0.449 e. The zero-order valence-electron chi connectivity index (χ0n) is 8.73. The van der Waals surface area contributed by atoms with Crippen molar-refractivity contribution in [2.45, 2.75) is 12.8 Å². The standard InChI is InChI=1S/C11H13NO3.ClH/c13-11(14)15-10-2-1-8-3-5-12-6-4-9(8)7-10;/h1-2,7,12H,3-6H2,(H,13,14);1H. The Hall–Kier alpha value is -1.26. The first-order valence-electron chi connectivity index (χ1n) is 4.99. The lowest BCUT2D eigenvalue weighted by Crippen LogP contribution is -2.16. The molecular formula is C11H14ClNO3. The maximum atomic E-state index is 10.4. The van der Waals surface area contributed by atoms with Gasteiger partial charge in [0.1, 0.15) is 5.75 Å². The minimum absolute atomic E-state index is 0. The molecule has 1 aromatic carbocycles. The van der Waals surface area contributed by atoms with Crippen LogP contribution >= 0.6 is 12.4 Å². The van der Waals surface area contributed by atoms with Crippen molar-refractivity contribution in [3.63, 3.8) is 0 Å². The number of benzene rings is 1. The topological polar surface area (TPSA) is 58.6 Å². The van der Waals surface area contributed by atoms with Crippen molar-refractivity contribution in [1.82, 2.24) is 5.32 Å². The molecule has 1 aliphatic rings. The molecule has 0 atom stereocenters. The van der Waals surface area contributed by atoms with Crippen LogP contribution in [-0.4, -0.2) is 24.4 Å². The maximum absolute atomic E-state index is 10.4. The van der Waals surface area contributed by atoms with E-state index in [0.29, 0.717) is 5.75 Å². The molecule has 1 aliphatic heterocycles. The Balaban J connectivity index is 0.00000128. The number of ether oxygens (including phenoxy) is 1. The van der Waals surface area contributed by atoms with Gasteiger partial charge < -0.3 is 15.2 Å². The Morgan fingerprint density at radius 2 is 1.94 bits per heavy atom. The van der Waals surface area contributed by atoms with Crippen molar-refractivity contribution < 1.29 is 14.6 Å². The van der Waals surface area contributed by atoms with Gasteiger partial charge in [-0.05, 0) is 49.2 Å². The van der Waals surface area contributed by atoms with E-state index in [1.54, 1.807) is 6.07 Å². The second-order valence-electron chi connectivity index (χ2n) is 3.55. The van der Waals surface area contributed by atoms with Gasteiger partial charge in [-0.1, -0.05) is 6.07 Å². The molecule has 0 amide bonds. The molecule has 0 bridgehead atoms. The summed E-state index contributed by atoms with van der Waals surface area (Å²) in [6, 6.07) is 5.47. The fourth-order valence-corrected chi connectivity index (χ4v) is 1.81. The highest BCUT2D eigenvalue weighted by Crippen LogP contribution is 2.20. The van der Waals surface area contributed by atoms with E-state index in [1.165, 1.54) is 11.1 Å². The summed E-state index contributed by atoms with van der Waals surface area (Å²) in [5.74, 6) is 0.406. The quantitative estimate of drug-likeness (QED) is 0.584. The van der Waals surface area contributed by atoms with Crippen LogP contribution in [-0.2, 0) is 12.8 Å². The Morgan fingerprint density at radius 1 is 1.25 bits per heavy atom. The summed E-state index contributed by atoms with van der Waals surface area (Å²) in [6.45, 7) is 1.91. The first kappa shape index (κ1) is 12.8. The first-order chi connectivity index (χ1) is 7.25. The molecule has 4 nitrogen and oxygen atoms in total. The normalized spacial score (nSPS) is 14.2. The van der Waals surface area contributed by atoms with Gasteiger partial charge in [0, 0.05) is 0 Å². The molecular weight excluding hydrogens is 230 g/mol. The molecule has 0 aromatic heterocycles.